The number of rotatable bonds is 7. The van der Waals surface area contributed by atoms with E-state index < -0.39 is 9.96 Å². The third kappa shape index (κ3) is 7.67. The van der Waals surface area contributed by atoms with Crippen molar-refractivity contribution in [3.8, 4) is 11.5 Å². The molecule has 0 spiro atoms. The maximum atomic E-state index is 12.5. The summed E-state index contributed by atoms with van der Waals surface area (Å²) in [5, 5.41) is 8.60. The van der Waals surface area contributed by atoms with Gasteiger partial charge in [-0.1, -0.05) is 56.8 Å². The molecule has 2 aromatic rings. The van der Waals surface area contributed by atoms with Crippen LogP contribution >= 0.6 is 63.0 Å². The van der Waals surface area contributed by atoms with Crippen LogP contribution in [0.25, 0.3) is 0 Å². The molecule has 1 unspecified atom stereocenters. The zero-order valence-corrected chi connectivity index (χ0v) is 20.6. The van der Waals surface area contributed by atoms with Gasteiger partial charge in [-0.3, -0.25) is 4.79 Å². The van der Waals surface area contributed by atoms with E-state index in [1.165, 1.54) is 14.2 Å². The number of nitrogens with one attached hydrogen (secondary N) is 3. The van der Waals surface area contributed by atoms with E-state index in [1.807, 2.05) is 24.3 Å². The Balaban J connectivity index is 2.02. The number of amides is 1. The second-order valence-electron chi connectivity index (χ2n) is 6.01. The summed E-state index contributed by atoms with van der Waals surface area (Å²) in [4.78, 5) is 12.5. The van der Waals surface area contributed by atoms with E-state index in [0.29, 0.717) is 17.1 Å². The number of hydrogen-bond donors (Lipinski definition) is 3. The molecule has 0 bridgehead atoms. The predicted molar refractivity (Wildman–Crippen MR) is 129 cm³/mol. The molecule has 1 amide bonds. The Kier molecular flexibility index (Phi) is 9.31. The molecule has 0 aliphatic carbocycles. The van der Waals surface area contributed by atoms with Gasteiger partial charge in [-0.05, 0) is 54.2 Å². The Bertz CT molecular complexity index is 895. The van der Waals surface area contributed by atoms with Crippen molar-refractivity contribution in [1.82, 2.24) is 10.6 Å². The molecular weight excluding hydrogens is 537 g/mol. The van der Waals surface area contributed by atoms with Crippen molar-refractivity contribution in [2.24, 2.45) is 0 Å². The first-order valence-electron chi connectivity index (χ1n) is 8.52. The molecule has 30 heavy (non-hydrogen) atoms. The summed E-state index contributed by atoms with van der Waals surface area (Å²) in [7, 11) is 3.05. The average Bonchev–Trinajstić information content (AvgIpc) is 2.68. The molecule has 0 fully saturated rings. The van der Waals surface area contributed by atoms with Crippen LogP contribution in [0.5, 0.6) is 11.5 Å². The lowest BCUT2D eigenvalue weighted by Crippen LogP contribution is -2.56. The molecule has 162 valence electrons. The van der Waals surface area contributed by atoms with Crippen LogP contribution < -0.4 is 25.4 Å². The average molecular weight is 556 g/mol. The molecule has 1 atom stereocenters. The van der Waals surface area contributed by atoms with E-state index in [2.05, 4.69) is 31.9 Å². The third-order valence-corrected chi connectivity index (χ3v) is 5.23. The fraction of sp³-hybridized carbons (Fsp3) is 0.263. The standard InChI is InChI=1S/C19H19BrCl3N3O3S/c1-28-14-8-3-11(9-15(14)29-2)10-16(27)25-17(19(21,22)23)26-18(30)24-13-6-4-12(20)5-7-13/h3-9,17H,10H2,1-2H3,(H,25,27)(H2,24,26,30). The van der Waals surface area contributed by atoms with Crippen LogP contribution in [-0.4, -0.2) is 35.2 Å². The molecule has 0 aliphatic rings. The molecule has 6 nitrogen and oxygen atoms in total. The number of halogens is 4. The molecule has 2 rings (SSSR count). The summed E-state index contributed by atoms with van der Waals surface area (Å²) in [5.41, 5.74) is 1.43. The quantitative estimate of drug-likeness (QED) is 0.259. The van der Waals surface area contributed by atoms with Gasteiger partial charge in [-0.25, -0.2) is 0 Å². The fourth-order valence-electron chi connectivity index (χ4n) is 2.42. The van der Waals surface area contributed by atoms with E-state index in [9.17, 15) is 4.79 Å². The summed E-state index contributed by atoms with van der Waals surface area (Å²) in [6, 6.07) is 12.5. The Morgan fingerprint density at radius 1 is 1.07 bits per heavy atom. The van der Waals surface area contributed by atoms with Crippen molar-refractivity contribution < 1.29 is 14.3 Å². The Morgan fingerprint density at radius 2 is 1.70 bits per heavy atom. The SMILES string of the molecule is COc1ccc(CC(=O)NC(NC(=S)Nc2ccc(Br)cc2)C(Cl)(Cl)Cl)cc1OC. The molecular formula is C19H19BrCl3N3O3S. The van der Waals surface area contributed by atoms with Crippen molar-refractivity contribution in [2.45, 2.75) is 16.4 Å². The lowest BCUT2D eigenvalue weighted by Gasteiger charge is -2.28. The smallest absolute Gasteiger partial charge is 0.228 e. The van der Waals surface area contributed by atoms with Crippen LogP contribution in [0.15, 0.2) is 46.9 Å². The van der Waals surface area contributed by atoms with Crippen LogP contribution in [0.3, 0.4) is 0 Å². The molecule has 2 aromatic carbocycles. The van der Waals surface area contributed by atoms with Crippen LogP contribution in [-0.2, 0) is 11.2 Å². The first kappa shape index (κ1) is 24.8. The molecule has 0 saturated heterocycles. The van der Waals surface area contributed by atoms with Gasteiger partial charge in [0.1, 0.15) is 6.17 Å². The molecule has 0 saturated carbocycles. The van der Waals surface area contributed by atoms with E-state index in [4.69, 9.17) is 56.5 Å². The monoisotopic (exact) mass is 553 g/mol. The third-order valence-electron chi connectivity index (χ3n) is 3.82. The zero-order valence-electron chi connectivity index (χ0n) is 16.0. The van der Waals surface area contributed by atoms with Gasteiger partial charge < -0.3 is 25.4 Å². The maximum Gasteiger partial charge on any atom is 0.228 e. The largest absolute Gasteiger partial charge is 0.493 e. The number of methoxy groups -OCH3 is 2. The minimum absolute atomic E-state index is 0.0339. The number of benzene rings is 2. The van der Waals surface area contributed by atoms with E-state index >= 15 is 0 Å². The molecule has 0 aromatic heterocycles. The van der Waals surface area contributed by atoms with Gasteiger partial charge >= 0.3 is 0 Å². The van der Waals surface area contributed by atoms with Crippen molar-refractivity contribution in [2.75, 3.05) is 19.5 Å². The fourth-order valence-corrected chi connectivity index (χ4v) is 3.25. The highest BCUT2D eigenvalue weighted by Crippen LogP contribution is 2.30. The number of carbonyl (C=O) groups is 1. The van der Waals surface area contributed by atoms with Crippen LogP contribution in [0.1, 0.15) is 5.56 Å². The summed E-state index contributed by atoms with van der Waals surface area (Å²) >= 11 is 26.7. The number of ether oxygens (including phenoxy) is 2. The van der Waals surface area contributed by atoms with Gasteiger partial charge in [0, 0.05) is 10.2 Å². The van der Waals surface area contributed by atoms with Crippen molar-refractivity contribution in [3.05, 3.63) is 52.5 Å². The van der Waals surface area contributed by atoms with E-state index in [-0.39, 0.29) is 17.4 Å². The van der Waals surface area contributed by atoms with Gasteiger partial charge in [0.15, 0.2) is 16.6 Å². The van der Waals surface area contributed by atoms with Gasteiger partial charge in [-0.15, -0.1) is 0 Å². The molecule has 0 heterocycles. The number of anilines is 1. The highest BCUT2D eigenvalue weighted by atomic mass is 79.9. The Morgan fingerprint density at radius 3 is 2.27 bits per heavy atom. The minimum Gasteiger partial charge on any atom is -0.493 e. The van der Waals surface area contributed by atoms with Crippen LogP contribution in [0.2, 0.25) is 0 Å². The molecule has 0 radical (unpaired) electrons. The number of alkyl halides is 3. The van der Waals surface area contributed by atoms with Crippen LogP contribution in [0, 0.1) is 0 Å². The molecule has 11 heteroatoms. The van der Waals surface area contributed by atoms with E-state index in [1.54, 1.807) is 18.2 Å². The molecule has 3 N–H and O–H groups in total. The van der Waals surface area contributed by atoms with Gasteiger partial charge in [0.25, 0.3) is 0 Å². The second kappa shape index (κ2) is 11.2. The van der Waals surface area contributed by atoms with Gasteiger partial charge in [0.05, 0.1) is 20.6 Å². The first-order valence-corrected chi connectivity index (χ1v) is 10.9. The summed E-state index contributed by atoms with van der Waals surface area (Å²) in [5.74, 6) is 0.697. The minimum atomic E-state index is -1.85. The Labute approximate surface area is 203 Å². The van der Waals surface area contributed by atoms with Crippen molar-refractivity contribution >= 4 is 79.7 Å². The number of carbonyl (C=O) groups excluding carboxylic acids is 1. The summed E-state index contributed by atoms with van der Waals surface area (Å²) in [6.07, 6.45) is -1.03. The highest BCUT2D eigenvalue weighted by Gasteiger charge is 2.34. The van der Waals surface area contributed by atoms with Crippen molar-refractivity contribution in [3.63, 3.8) is 0 Å². The van der Waals surface area contributed by atoms with Crippen LogP contribution in [0.4, 0.5) is 5.69 Å². The normalized spacial score (nSPS) is 11.9. The summed E-state index contributed by atoms with van der Waals surface area (Å²) in [6.45, 7) is 0. The second-order valence-corrected chi connectivity index (χ2v) is 9.71. The van der Waals surface area contributed by atoms with Gasteiger partial charge in [-0.2, -0.15) is 0 Å². The van der Waals surface area contributed by atoms with Crippen molar-refractivity contribution in [1.29, 1.82) is 0 Å². The number of hydrogen-bond acceptors (Lipinski definition) is 4. The Hall–Kier alpha value is -1.45. The highest BCUT2D eigenvalue weighted by molar-refractivity contribution is 9.10. The lowest BCUT2D eigenvalue weighted by molar-refractivity contribution is -0.121. The van der Waals surface area contributed by atoms with Gasteiger partial charge in [0.2, 0.25) is 9.70 Å². The zero-order chi connectivity index (χ0) is 22.3. The maximum absolute atomic E-state index is 12.5. The molecule has 0 aliphatic heterocycles. The number of thiocarbonyl (C=S) groups is 1. The van der Waals surface area contributed by atoms with E-state index in [0.717, 1.165) is 10.2 Å². The topological polar surface area (TPSA) is 71.6 Å². The predicted octanol–water partition coefficient (Wildman–Crippen LogP) is 4.81. The summed E-state index contributed by atoms with van der Waals surface area (Å²) < 4.78 is 9.52. The first-order chi connectivity index (χ1) is 14.1. The lowest BCUT2D eigenvalue weighted by atomic mass is 10.1.